The van der Waals surface area contributed by atoms with E-state index in [1.807, 2.05) is 6.20 Å². The fourth-order valence-electron chi connectivity index (χ4n) is 3.10. The second-order valence-corrected chi connectivity index (χ2v) is 6.06. The van der Waals surface area contributed by atoms with Crippen molar-refractivity contribution in [2.75, 3.05) is 20.3 Å². The quantitative estimate of drug-likeness (QED) is 0.835. The molecule has 0 bridgehead atoms. The van der Waals surface area contributed by atoms with E-state index in [2.05, 4.69) is 15.3 Å². The highest BCUT2D eigenvalue weighted by Gasteiger charge is 2.39. The molecule has 2 saturated heterocycles. The summed E-state index contributed by atoms with van der Waals surface area (Å²) in [6.07, 6.45) is 6.08. The molecule has 3 heterocycles. The van der Waals surface area contributed by atoms with Gasteiger partial charge in [-0.25, -0.2) is 4.98 Å². The summed E-state index contributed by atoms with van der Waals surface area (Å²) in [7, 11) is 1.75. The zero-order valence-corrected chi connectivity index (χ0v) is 11.6. The molecule has 3 rings (SSSR count). The van der Waals surface area contributed by atoms with Gasteiger partial charge in [-0.2, -0.15) is 0 Å². The highest BCUT2D eigenvalue weighted by Crippen LogP contribution is 2.32. The highest BCUT2D eigenvalue weighted by molar-refractivity contribution is 7.09. The Balaban J connectivity index is 1.58. The number of thiazole rings is 1. The number of aromatic nitrogens is 1. The van der Waals surface area contributed by atoms with Gasteiger partial charge < -0.3 is 9.47 Å². The predicted octanol–water partition coefficient (Wildman–Crippen LogP) is 1.91. The van der Waals surface area contributed by atoms with Crippen LogP contribution in [-0.4, -0.2) is 48.4 Å². The lowest BCUT2D eigenvalue weighted by molar-refractivity contribution is -0.0938. The molecule has 2 aliphatic heterocycles. The molecule has 100 valence electrons. The van der Waals surface area contributed by atoms with Gasteiger partial charge in [-0.15, -0.1) is 11.3 Å². The number of likely N-dealkylation sites (tertiary alicyclic amines) is 1. The average Bonchev–Trinajstić information content (AvgIpc) is 3.00. The summed E-state index contributed by atoms with van der Waals surface area (Å²) in [6.45, 7) is 2.85. The molecule has 3 atom stereocenters. The van der Waals surface area contributed by atoms with Crippen molar-refractivity contribution in [3.63, 3.8) is 0 Å². The molecule has 0 aromatic carbocycles. The van der Waals surface area contributed by atoms with E-state index in [4.69, 9.17) is 9.47 Å². The molecular formula is C13H20N2O2S. The summed E-state index contributed by atoms with van der Waals surface area (Å²) in [4.78, 5) is 6.91. The van der Waals surface area contributed by atoms with Crippen LogP contribution >= 0.6 is 11.3 Å². The third-order valence-electron chi connectivity index (χ3n) is 3.93. The maximum absolute atomic E-state index is 6.12. The first kappa shape index (κ1) is 12.5. The largest absolute Gasteiger partial charge is 0.382 e. The minimum atomic E-state index is 0.302. The first-order valence-corrected chi connectivity index (χ1v) is 7.51. The minimum Gasteiger partial charge on any atom is -0.382 e. The van der Waals surface area contributed by atoms with E-state index in [1.165, 1.54) is 11.4 Å². The molecule has 0 unspecified atom stereocenters. The van der Waals surface area contributed by atoms with Crippen LogP contribution in [0.1, 0.15) is 24.3 Å². The summed E-state index contributed by atoms with van der Waals surface area (Å²) < 4.78 is 11.3. The molecule has 0 aliphatic carbocycles. The van der Waals surface area contributed by atoms with Crippen molar-refractivity contribution in [3.05, 3.63) is 16.6 Å². The highest BCUT2D eigenvalue weighted by atomic mass is 32.1. The van der Waals surface area contributed by atoms with Crippen molar-refractivity contribution < 1.29 is 9.47 Å². The lowest BCUT2D eigenvalue weighted by Gasteiger charge is -2.35. The Morgan fingerprint density at radius 3 is 3.22 bits per heavy atom. The Kier molecular flexibility index (Phi) is 3.94. The van der Waals surface area contributed by atoms with Gasteiger partial charge in [0.1, 0.15) is 5.01 Å². The number of methoxy groups -OCH3 is 1. The third-order valence-corrected chi connectivity index (χ3v) is 4.69. The second kappa shape index (κ2) is 5.65. The van der Waals surface area contributed by atoms with Crippen LogP contribution in [0.5, 0.6) is 0 Å². The van der Waals surface area contributed by atoms with Crippen LogP contribution in [0.15, 0.2) is 11.6 Å². The summed E-state index contributed by atoms with van der Waals surface area (Å²) in [6, 6.07) is 0.585. The van der Waals surface area contributed by atoms with E-state index in [0.29, 0.717) is 18.2 Å². The van der Waals surface area contributed by atoms with Crippen molar-refractivity contribution in [3.8, 4) is 0 Å². The molecule has 2 fully saturated rings. The number of rotatable bonds is 4. The zero-order chi connectivity index (χ0) is 12.4. The van der Waals surface area contributed by atoms with Crippen LogP contribution in [0.2, 0.25) is 0 Å². The summed E-state index contributed by atoms with van der Waals surface area (Å²) in [5, 5.41) is 3.27. The van der Waals surface area contributed by atoms with Gasteiger partial charge in [-0.05, 0) is 19.3 Å². The first-order chi connectivity index (χ1) is 8.86. The SMILES string of the molecule is COC[C@@H]1CC[C@H]2[C@H](CCN2Cc2nccs2)O1. The monoisotopic (exact) mass is 268 g/mol. The van der Waals surface area contributed by atoms with Crippen LogP contribution in [0, 0.1) is 0 Å². The van der Waals surface area contributed by atoms with E-state index in [-0.39, 0.29) is 0 Å². The van der Waals surface area contributed by atoms with Crippen molar-refractivity contribution in [2.24, 2.45) is 0 Å². The third kappa shape index (κ3) is 2.59. The maximum atomic E-state index is 6.12. The van der Waals surface area contributed by atoms with Crippen molar-refractivity contribution >= 4 is 11.3 Å². The van der Waals surface area contributed by atoms with Crippen LogP contribution in [0.25, 0.3) is 0 Å². The average molecular weight is 268 g/mol. The lowest BCUT2D eigenvalue weighted by atomic mass is 9.99. The Morgan fingerprint density at radius 1 is 1.50 bits per heavy atom. The second-order valence-electron chi connectivity index (χ2n) is 5.08. The van der Waals surface area contributed by atoms with E-state index in [0.717, 1.165) is 32.5 Å². The zero-order valence-electron chi connectivity index (χ0n) is 10.7. The maximum Gasteiger partial charge on any atom is 0.107 e. The molecule has 18 heavy (non-hydrogen) atoms. The molecule has 0 saturated carbocycles. The number of hydrogen-bond acceptors (Lipinski definition) is 5. The van der Waals surface area contributed by atoms with Crippen molar-refractivity contribution in [2.45, 2.75) is 44.1 Å². The van der Waals surface area contributed by atoms with Crippen molar-refractivity contribution in [1.82, 2.24) is 9.88 Å². The van der Waals surface area contributed by atoms with Gasteiger partial charge in [0.25, 0.3) is 0 Å². The first-order valence-electron chi connectivity index (χ1n) is 6.63. The Hall–Kier alpha value is -0.490. The number of hydrogen-bond donors (Lipinski definition) is 0. The molecule has 0 amide bonds. The van der Waals surface area contributed by atoms with Gasteiger partial charge >= 0.3 is 0 Å². The van der Waals surface area contributed by atoms with Crippen LogP contribution in [-0.2, 0) is 16.0 Å². The molecule has 2 aliphatic rings. The smallest absolute Gasteiger partial charge is 0.107 e. The molecular weight excluding hydrogens is 248 g/mol. The Bertz CT molecular complexity index is 371. The van der Waals surface area contributed by atoms with Crippen LogP contribution < -0.4 is 0 Å². The summed E-state index contributed by atoms with van der Waals surface area (Å²) in [5.41, 5.74) is 0. The molecule has 0 radical (unpaired) electrons. The number of ether oxygens (including phenoxy) is 2. The van der Waals surface area contributed by atoms with Gasteiger partial charge in [0.2, 0.25) is 0 Å². The van der Waals surface area contributed by atoms with E-state index in [9.17, 15) is 0 Å². The predicted molar refractivity (Wildman–Crippen MR) is 70.7 cm³/mol. The van der Waals surface area contributed by atoms with Gasteiger partial charge in [-0.3, -0.25) is 4.90 Å². The molecule has 5 heteroatoms. The van der Waals surface area contributed by atoms with Crippen LogP contribution in [0.3, 0.4) is 0 Å². The van der Waals surface area contributed by atoms with Gasteiger partial charge in [0, 0.05) is 31.3 Å². The van der Waals surface area contributed by atoms with Crippen molar-refractivity contribution in [1.29, 1.82) is 0 Å². The topological polar surface area (TPSA) is 34.6 Å². The molecule has 0 spiro atoms. The van der Waals surface area contributed by atoms with Gasteiger partial charge in [-0.1, -0.05) is 0 Å². The molecule has 1 aromatic heterocycles. The Morgan fingerprint density at radius 2 is 2.44 bits per heavy atom. The Labute approximate surface area is 112 Å². The summed E-state index contributed by atoms with van der Waals surface area (Å²) in [5.74, 6) is 0. The minimum absolute atomic E-state index is 0.302. The van der Waals surface area contributed by atoms with Gasteiger partial charge in [0.15, 0.2) is 0 Å². The van der Waals surface area contributed by atoms with E-state index < -0.39 is 0 Å². The number of fused-ring (bicyclic) bond motifs is 1. The fraction of sp³-hybridized carbons (Fsp3) is 0.769. The standard InChI is InChI=1S/C13H20N2O2S/c1-16-9-10-2-3-11-12(17-10)4-6-15(11)8-13-14-5-7-18-13/h5,7,10-12H,2-4,6,8-9H2,1H3/t10-,11-,12-/m0/s1. The van der Waals surface area contributed by atoms with Gasteiger partial charge in [0.05, 0.1) is 25.4 Å². The number of nitrogens with zero attached hydrogens (tertiary/aromatic N) is 2. The fourth-order valence-corrected chi connectivity index (χ4v) is 3.74. The lowest BCUT2D eigenvalue weighted by Crippen LogP contribution is -2.43. The molecule has 4 nitrogen and oxygen atoms in total. The molecule has 1 aromatic rings. The molecule has 0 N–H and O–H groups in total. The van der Waals surface area contributed by atoms with Crippen LogP contribution in [0.4, 0.5) is 0 Å². The summed E-state index contributed by atoms with van der Waals surface area (Å²) >= 11 is 1.74. The normalized spacial score (nSPS) is 32.6. The van der Waals surface area contributed by atoms with E-state index >= 15 is 0 Å². The van der Waals surface area contributed by atoms with E-state index in [1.54, 1.807) is 18.4 Å².